The number of aryl methyl sites for hydroxylation is 1. The summed E-state index contributed by atoms with van der Waals surface area (Å²) < 4.78 is 13.8. The molecule has 0 spiro atoms. The van der Waals surface area contributed by atoms with E-state index in [0.29, 0.717) is 6.61 Å². The maximum atomic E-state index is 12.0. The normalized spacial score (nSPS) is 20.2. The van der Waals surface area contributed by atoms with Gasteiger partial charge in [0, 0.05) is 58.0 Å². The molecule has 0 atom stereocenters. The van der Waals surface area contributed by atoms with E-state index in [1.807, 2.05) is 4.90 Å². The number of hydrogen-bond acceptors (Lipinski definition) is 4. The first-order chi connectivity index (χ1) is 13.2. The van der Waals surface area contributed by atoms with E-state index in [1.165, 1.54) is 10.9 Å². The first-order valence-electron chi connectivity index (χ1n) is 9.99. The van der Waals surface area contributed by atoms with Gasteiger partial charge in [-0.05, 0) is 37.5 Å². The predicted octanol–water partition coefficient (Wildman–Crippen LogP) is 2.27. The van der Waals surface area contributed by atoms with Crippen LogP contribution in [0.15, 0.2) is 30.5 Å². The Balaban J connectivity index is 1.27. The molecule has 27 heavy (non-hydrogen) atoms. The minimum Gasteiger partial charge on any atom is -0.490 e. The summed E-state index contributed by atoms with van der Waals surface area (Å²) in [5.74, 6) is 1.11. The first-order valence-corrected chi connectivity index (χ1v) is 9.99. The molecule has 1 amide bonds. The van der Waals surface area contributed by atoms with Gasteiger partial charge in [0.15, 0.2) is 0 Å². The van der Waals surface area contributed by atoms with Crippen molar-refractivity contribution in [1.82, 2.24) is 14.4 Å². The molecule has 0 bridgehead atoms. The lowest BCUT2D eigenvalue weighted by molar-refractivity contribution is -0.134. The zero-order valence-corrected chi connectivity index (χ0v) is 16.1. The quantitative estimate of drug-likeness (QED) is 0.809. The molecule has 2 aliphatic rings. The van der Waals surface area contributed by atoms with Crippen LogP contribution in [-0.2, 0) is 16.6 Å². The summed E-state index contributed by atoms with van der Waals surface area (Å²) in [6, 6.07) is 8.39. The maximum Gasteiger partial charge on any atom is 0.248 e. The summed E-state index contributed by atoms with van der Waals surface area (Å²) in [4.78, 5) is 16.4. The number of benzene rings is 1. The lowest BCUT2D eigenvalue weighted by atomic mass is 10.1. The fourth-order valence-electron chi connectivity index (χ4n) is 4.04. The molecule has 4 rings (SSSR count). The molecule has 2 aromatic rings. The Hall–Kier alpha value is -2.05. The van der Waals surface area contributed by atoms with Crippen molar-refractivity contribution < 1.29 is 14.3 Å². The molecule has 3 heterocycles. The van der Waals surface area contributed by atoms with Gasteiger partial charge >= 0.3 is 0 Å². The van der Waals surface area contributed by atoms with Crippen molar-refractivity contribution in [3.63, 3.8) is 0 Å². The number of aromatic nitrogens is 1. The second-order valence-electron chi connectivity index (χ2n) is 7.56. The second-order valence-corrected chi connectivity index (χ2v) is 7.56. The van der Waals surface area contributed by atoms with Gasteiger partial charge in [0.05, 0.1) is 5.52 Å². The number of piperidine rings is 1. The number of nitrogens with zero attached hydrogens (tertiary/aromatic N) is 3. The topological polar surface area (TPSA) is 46.9 Å². The van der Waals surface area contributed by atoms with Gasteiger partial charge < -0.3 is 23.8 Å². The van der Waals surface area contributed by atoms with Gasteiger partial charge in [-0.3, -0.25) is 4.79 Å². The smallest absolute Gasteiger partial charge is 0.248 e. The van der Waals surface area contributed by atoms with Gasteiger partial charge in [-0.25, -0.2) is 0 Å². The standard InChI is InChI=1S/C21H29N3O3/c1-22-10-8-18-19(22)4-2-5-20(18)27-17-6-11-23(12-7-17)13-14-24-9-3-15-26-16-21(24)25/h2,4-5,8,10,17H,3,6-7,9,11-16H2,1H3. The third-order valence-electron chi connectivity index (χ3n) is 5.70. The minimum absolute atomic E-state index is 0.127. The third-order valence-corrected chi connectivity index (χ3v) is 5.70. The van der Waals surface area contributed by atoms with Crippen molar-refractivity contribution in [3.8, 4) is 5.75 Å². The molecule has 0 radical (unpaired) electrons. The molecule has 2 saturated heterocycles. The molecule has 0 aliphatic carbocycles. The molecule has 2 fully saturated rings. The van der Waals surface area contributed by atoms with Crippen LogP contribution in [0.5, 0.6) is 5.75 Å². The Morgan fingerprint density at radius 3 is 2.85 bits per heavy atom. The largest absolute Gasteiger partial charge is 0.490 e. The number of ether oxygens (including phenoxy) is 2. The Morgan fingerprint density at radius 1 is 1.15 bits per heavy atom. The zero-order valence-electron chi connectivity index (χ0n) is 16.1. The van der Waals surface area contributed by atoms with E-state index in [9.17, 15) is 4.79 Å². The minimum atomic E-state index is 0.127. The highest BCUT2D eigenvalue weighted by molar-refractivity contribution is 5.86. The van der Waals surface area contributed by atoms with Crippen molar-refractivity contribution >= 4 is 16.8 Å². The van der Waals surface area contributed by atoms with Crippen molar-refractivity contribution in [2.75, 3.05) is 45.9 Å². The van der Waals surface area contributed by atoms with Crippen LogP contribution in [0, 0.1) is 0 Å². The monoisotopic (exact) mass is 371 g/mol. The highest BCUT2D eigenvalue weighted by Crippen LogP contribution is 2.28. The molecular formula is C21H29N3O3. The average molecular weight is 371 g/mol. The van der Waals surface area contributed by atoms with Crippen molar-refractivity contribution in [3.05, 3.63) is 30.5 Å². The molecule has 0 N–H and O–H groups in total. The number of carbonyl (C=O) groups is 1. The number of carbonyl (C=O) groups excluding carboxylic acids is 1. The summed E-state index contributed by atoms with van der Waals surface area (Å²) >= 11 is 0. The van der Waals surface area contributed by atoms with Crippen LogP contribution in [0.1, 0.15) is 19.3 Å². The van der Waals surface area contributed by atoms with Crippen LogP contribution in [0.2, 0.25) is 0 Å². The third kappa shape index (κ3) is 4.28. The second kappa shape index (κ2) is 8.31. The van der Waals surface area contributed by atoms with E-state index in [4.69, 9.17) is 9.47 Å². The number of hydrogen-bond donors (Lipinski definition) is 0. The zero-order chi connectivity index (χ0) is 18.6. The van der Waals surface area contributed by atoms with Gasteiger partial charge in [0.1, 0.15) is 18.5 Å². The Bertz CT molecular complexity index is 780. The van der Waals surface area contributed by atoms with Crippen molar-refractivity contribution in [2.24, 2.45) is 7.05 Å². The van der Waals surface area contributed by atoms with Crippen LogP contribution in [0.25, 0.3) is 10.9 Å². The van der Waals surface area contributed by atoms with E-state index in [1.54, 1.807) is 0 Å². The van der Waals surface area contributed by atoms with Crippen molar-refractivity contribution in [1.29, 1.82) is 0 Å². The summed E-state index contributed by atoms with van der Waals surface area (Å²) in [5, 5.41) is 1.18. The average Bonchev–Trinajstić information content (AvgIpc) is 2.94. The first kappa shape index (κ1) is 18.3. The molecule has 0 saturated carbocycles. The lowest BCUT2D eigenvalue weighted by Crippen LogP contribution is -2.44. The van der Waals surface area contributed by atoms with Gasteiger partial charge in [0.25, 0.3) is 0 Å². The van der Waals surface area contributed by atoms with E-state index in [2.05, 4.69) is 47.0 Å². The fourth-order valence-corrected chi connectivity index (χ4v) is 4.04. The highest BCUT2D eigenvalue weighted by atomic mass is 16.5. The Labute approximate surface area is 160 Å². The Kier molecular flexibility index (Phi) is 5.64. The van der Waals surface area contributed by atoms with Gasteiger partial charge in [-0.15, -0.1) is 0 Å². The fraction of sp³-hybridized carbons (Fsp3) is 0.571. The van der Waals surface area contributed by atoms with Crippen LogP contribution in [0.3, 0.4) is 0 Å². The molecule has 6 heteroatoms. The van der Waals surface area contributed by atoms with Crippen LogP contribution in [0.4, 0.5) is 0 Å². The molecule has 2 aliphatic heterocycles. The SMILES string of the molecule is Cn1ccc2c(OC3CCN(CCN4CCCOCC4=O)CC3)cccc21. The molecular weight excluding hydrogens is 342 g/mol. The molecule has 0 unspecified atom stereocenters. The molecule has 1 aromatic heterocycles. The number of likely N-dealkylation sites (tertiary alicyclic amines) is 1. The van der Waals surface area contributed by atoms with Gasteiger partial charge in [-0.2, -0.15) is 0 Å². The van der Waals surface area contributed by atoms with Gasteiger partial charge in [-0.1, -0.05) is 6.07 Å². The van der Waals surface area contributed by atoms with Gasteiger partial charge in [0.2, 0.25) is 5.91 Å². The number of amides is 1. The predicted molar refractivity (Wildman–Crippen MR) is 105 cm³/mol. The number of fused-ring (bicyclic) bond motifs is 1. The van der Waals surface area contributed by atoms with Crippen LogP contribution < -0.4 is 4.74 Å². The molecule has 146 valence electrons. The van der Waals surface area contributed by atoms with Crippen LogP contribution >= 0.6 is 0 Å². The van der Waals surface area contributed by atoms with E-state index < -0.39 is 0 Å². The Morgan fingerprint density at radius 2 is 2.00 bits per heavy atom. The molecule has 1 aromatic carbocycles. The maximum absolute atomic E-state index is 12.0. The summed E-state index contributed by atoms with van der Waals surface area (Å²) in [7, 11) is 2.06. The summed E-state index contributed by atoms with van der Waals surface area (Å²) in [6.45, 7) is 5.53. The van der Waals surface area contributed by atoms with E-state index in [0.717, 1.165) is 57.7 Å². The highest BCUT2D eigenvalue weighted by Gasteiger charge is 2.23. The van der Waals surface area contributed by atoms with Crippen LogP contribution in [-0.4, -0.2) is 72.3 Å². The van der Waals surface area contributed by atoms with Crippen molar-refractivity contribution in [2.45, 2.75) is 25.4 Å². The summed E-state index contributed by atoms with van der Waals surface area (Å²) in [5.41, 5.74) is 1.20. The summed E-state index contributed by atoms with van der Waals surface area (Å²) in [6.07, 6.45) is 5.34. The van der Waals surface area contributed by atoms with E-state index in [-0.39, 0.29) is 18.6 Å². The van der Waals surface area contributed by atoms with E-state index >= 15 is 0 Å². The number of rotatable bonds is 5. The molecule has 6 nitrogen and oxygen atoms in total. The lowest BCUT2D eigenvalue weighted by Gasteiger charge is -2.33.